The molecule has 0 unspecified atom stereocenters. The molecule has 8 heteroatoms. The van der Waals surface area contributed by atoms with Crippen LogP contribution in [0.5, 0.6) is 5.75 Å². The molecule has 0 spiro atoms. The fourth-order valence-corrected chi connectivity index (χ4v) is 4.05. The van der Waals surface area contributed by atoms with Crippen LogP contribution >= 0.6 is 0 Å². The average molecular weight is 466 g/mol. The van der Waals surface area contributed by atoms with Crippen molar-refractivity contribution in [3.63, 3.8) is 0 Å². The highest BCUT2D eigenvalue weighted by atomic mass is 16.5. The van der Waals surface area contributed by atoms with Gasteiger partial charge in [-0.2, -0.15) is 0 Å². The van der Waals surface area contributed by atoms with Crippen molar-refractivity contribution in [1.82, 2.24) is 15.0 Å². The molecule has 1 atom stereocenters. The number of aromatic nitrogens is 1. The van der Waals surface area contributed by atoms with Crippen molar-refractivity contribution in [2.24, 2.45) is 0 Å². The van der Waals surface area contributed by atoms with Crippen LogP contribution in [0.15, 0.2) is 57.7 Å². The second-order valence-corrected chi connectivity index (χ2v) is 8.47. The zero-order chi connectivity index (χ0) is 23.9. The second-order valence-electron chi connectivity index (χ2n) is 8.47. The Morgan fingerprint density at radius 1 is 1.21 bits per heavy atom. The van der Waals surface area contributed by atoms with Gasteiger partial charge in [0.2, 0.25) is 5.91 Å². The Kier molecular flexibility index (Phi) is 7.82. The van der Waals surface area contributed by atoms with E-state index in [1.165, 1.54) is 0 Å². The molecule has 0 bridgehead atoms. The maximum absolute atomic E-state index is 13.2. The second kappa shape index (κ2) is 11.2. The Balaban J connectivity index is 1.48. The van der Waals surface area contributed by atoms with E-state index in [2.05, 4.69) is 10.1 Å². The lowest BCUT2D eigenvalue weighted by atomic mass is 10.2. The summed E-state index contributed by atoms with van der Waals surface area (Å²) in [5, 5.41) is 4.02. The quantitative estimate of drug-likeness (QED) is 0.475. The highest BCUT2D eigenvalue weighted by molar-refractivity contribution is 5.78. The first kappa shape index (κ1) is 23.8. The van der Waals surface area contributed by atoms with E-state index in [0.29, 0.717) is 39.3 Å². The van der Waals surface area contributed by atoms with Crippen LogP contribution in [0.25, 0.3) is 6.08 Å². The Labute approximate surface area is 199 Å². The third-order valence-corrected chi connectivity index (χ3v) is 5.94. The summed E-state index contributed by atoms with van der Waals surface area (Å²) in [5.74, 6) is 2.38. The van der Waals surface area contributed by atoms with Gasteiger partial charge in [0.1, 0.15) is 17.3 Å². The normalized spacial score (nSPS) is 17.4. The van der Waals surface area contributed by atoms with Crippen molar-refractivity contribution in [2.75, 3.05) is 33.3 Å². The monoisotopic (exact) mass is 465 g/mol. The van der Waals surface area contributed by atoms with E-state index >= 15 is 0 Å². The van der Waals surface area contributed by atoms with E-state index in [1.807, 2.05) is 67.3 Å². The number of ether oxygens (including phenoxy) is 2. The maximum atomic E-state index is 13.2. The van der Waals surface area contributed by atoms with Crippen LogP contribution in [-0.4, -0.2) is 60.3 Å². The number of rotatable bonds is 9. The molecule has 3 aromatic rings. The summed E-state index contributed by atoms with van der Waals surface area (Å²) >= 11 is 0. The molecular formula is C26H31N3O5. The Morgan fingerprint density at radius 3 is 2.82 bits per heavy atom. The number of methoxy groups -OCH3 is 1. The third kappa shape index (κ3) is 6.15. The minimum atomic E-state index is -0.164. The lowest BCUT2D eigenvalue weighted by molar-refractivity contribution is -0.132. The minimum absolute atomic E-state index is 0.0673. The molecule has 1 saturated heterocycles. The highest BCUT2D eigenvalue weighted by Gasteiger charge is 2.28. The standard InChI is InChI=1S/C26H31N3O5/c1-19-25(20(2)34-27-19)18-33-24-15-28(11-5-9-22-10-6-12-32-22)17-26(30)29(16-24)14-21-7-4-8-23(13-21)31-3/h4-10,12-13,24H,11,14-18H2,1-3H3/b9-5+/t24-/m0/s1. The van der Waals surface area contributed by atoms with Gasteiger partial charge in [0.25, 0.3) is 0 Å². The predicted octanol–water partition coefficient (Wildman–Crippen LogP) is 3.84. The Hall–Kier alpha value is -3.36. The van der Waals surface area contributed by atoms with Gasteiger partial charge in [0.15, 0.2) is 0 Å². The van der Waals surface area contributed by atoms with Crippen LogP contribution in [-0.2, 0) is 22.7 Å². The van der Waals surface area contributed by atoms with Crippen molar-refractivity contribution < 1.29 is 23.2 Å². The molecule has 1 aliphatic rings. The van der Waals surface area contributed by atoms with Crippen molar-refractivity contribution >= 4 is 12.0 Å². The average Bonchev–Trinajstić information content (AvgIpc) is 3.43. The molecule has 1 aromatic carbocycles. The van der Waals surface area contributed by atoms with Gasteiger partial charge in [-0.05, 0) is 49.8 Å². The zero-order valence-corrected chi connectivity index (χ0v) is 19.9. The summed E-state index contributed by atoms with van der Waals surface area (Å²) in [4.78, 5) is 17.2. The van der Waals surface area contributed by atoms with Crippen LogP contribution in [0.1, 0.15) is 28.3 Å². The smallest absolute Gasteiger partial charge is 0.237 e. The van der Waals surface area contributed by atoms with Crippen molar-refractivity contribution in [2.45, 2.75) is 33.1 Å². The van der Waals surface area contributed by atoms with Gasteiger partial charge in [-0.3, -0.25) is 9.69 Å². The molecule has 0 saturated carbocycles. The summed E-state index contributed by atoms with van der Waals surface area (Å²) in [5.41, 5.74) is 2.80. The van der Waals surface area contributed by atoms with Gasteiger partial charge in [-0.1, -0.05) is 23.4 Å². The van der Waals surface area contributed by atoms with Crippen LogP contribution in [0.3, 0.4) is 0 Å². The molecule has 0 radical (unpaired) electrons. The molecule has 2 aromatic heterocycles. The van der Waals surface area contributed by atoms with Gasteiger partial charge in [0, 0.05) is 31.7 Å². The predicted molar refractivity (Wildman–Crippen MR) is 127 cm³/mol. The molecule has 0 N–H and O–H groups in total. The molecule has 4 rings (SSSR count). The van der Waals surface area contributed by atoms with E-state index in [4.69, 9.17) is 18.4 Å². The van der Waals surface area contributed by atoms with Gasteiger partial charge in [0.05, 0.1) is 38.3 Å². The summed E-state index contributed by atoms with van der Waals surface area (Å²) in [6.07, 6.45) is 5.41. The Bertz CT molecular complexity index is 1090. The highest BCUT2D eigenvalue weighted by Crippen LogP contribution is 2.19. The number of hydrogen-bond donors (Lipinski definition) is 0. The molecule has 34 heavy (non-hydrogen) atoms. The summed E-state index contributed by atoms with van der Waals surface area (Å²) in [6, 6.07) is 11.6. The maximum Gasteiger partial charge on any atom is 0.237 e. The summed E-state index contributed by atoms with van der Waals surface area (Å²) in [6.45, 7) is 6.75. The molecule has 8 nitrogen and oxygen atoms in total. The summed E-state index contributed by atoms with van der Waals surface area (Å²) < 4.78 is 22.3. The topological polar surface area (TPSA) is 81.2 Å². The van der Waals surface area contributed by atoms with E-state index in [-0.39, 0.29) is 12.0 Å². The van der Waals surface area contributed by atoms with Crippen LogP contribution in [0.2, 0.25) is 0 Å². The molecular weight excluding hydrogens is 434 g/mol. The van der Waals surface area contributed by atoms with Gasteiger partial charge in [-0.25, -0.2) is 0 Å². The van der Waals surface area contributed by atoms with Crippen molar-refractivity contribution in [3.8, 4) is 5.75 Å². The van der Waals surface area contributed by atoms with E-state index < -0.39 is 0 Å². The number of amides is 1. The number of hydrogen-bond acceptors (Lipinski definition) is 7. The van der Waals surface area contributed by atoms with E-state index in [0.717, 1.165) is 34.1 Å². The number of carbonyl (C=O) groups excluding carboxylic acids is 1. The Morgan fingerprint density at radius 2 is 2.09 bits per heavy atom. The largest absolute Gasteiger partial charge is 0.497 e. The van der Waals surface area contributed by atoms with Crippen LogP contribution in [0, 0.1) is 13.8 Å². The lowest BCUT2D eigenvalue weighted by Gasteiger charge is -2.25. The van der Waals surface area contributed by atoms with Crippen molar-refractivity contribution in [1.29, 1.82) is 0 Å². The fourth-order valence-electron chi connectivity index (χ4n) is 4.05. The molecule has 180 valence electrons. The number of benzene rings is 1. The number of nitrogens with zero attached hydrogens (tertiary/aromatic N) is 3. The van der Waals surface area contributed by atoms with Crippen LogP contribution < -0.4 is 4.74 Å². The van der Waals surface area contributed by atoms with E-state index in [9.17, 15) is 4.79 Å². The number of furan rings is 1. The van der Waals surface area contributed by atoms with Gasteiger partial charge in [-0.15, -0.1) is 0 Å². The van der Waals surface area contributed by atoms with Crippen LogP contribution in [0.4, 0.5) is 0 Å². The first-order valence-corrected chi connectivity index (χ1v) is 11.4. The summed E-state index contributed by atoms with van der Waals surface area (Å²) in [7, 11) is 1.64. The van der Waals surface area contributed by atoms with E-state index in [1.54, 1.807) is 13.4 Å². The van der Waals surface area contributed by atoms with Gasteiger partial charge >= 0.3 is 0 Å². The fraction of sp³-hybridized carbons (Fsp3) is 0.385. The molecule has 0 aliphatic carbocycles. The lowest BCUT2D eigenvalue weighted by Crippen LogP contribution is -2.37. The molecule has 1 fully saturated rings. The SMILES string of the molecule is COc1cccc(CN2C[C@@H](OCc3c(C)noc3C)CN(C/C=C/c3ccco3)CC2=O)c1. The molecule has 1 amide bonds. The minimum Gasteiger partial charge on any atom is -0.497 e. The number of carbonyl (C=O) groups is 1. The molecule has 3 heterocycles. The zero-order valence-electron chi connectivity index (χ0n) is 19.9. The van der Waals surface area contributed by atoms with Crippen molar-refractivity contribution in [3.05, 3.63) is 77.1 Å². The number of aryl methyl sites for hydroxylation is 2. The first-order chi connectivity index (χ1) is 16.5. The van der Waals surface area contributed by atoms with Gasteiger partial charge < -0.3 is 23.3 Å². The molecule has 1 aliphatic heterocycles. The first-order valence-electron chi connectivity index (χ1n) is 11.4. The third-order valence-electron chi connectivity index (χ3n) is 5.94.